The molecule has 2 rings (SSSR count). The van der Waals surface area contributed by atoms with Crippen LogP contribution in [0.4, 0.5) is 5.69 Å². The molecule has 1 saturated carbocycles. The van der Waals surface area contributed by atoms with Gasteiger partial charge in [0.2, 0.25) is 5.91 Å². The van der Waals surface area contributed by atoms with E-state index in [-0.39, 0.29) is 5.91 Å². The lowest BCUT2D eigenvalue weighted by Gasteiger charge is -2.14. The van der Waals surface area contributed by atoms with Crippen molar-refractivity contribution in [2.75, 3.05) is 18.4 Å². The van der Waals surface area contributed by atoms with Crippen molar-refractivity contribution in [3.63, 3.8) is 0 Å². The van der Waals surface area contributed by atoms with Crippen molar-refractivity contribution in [3.05, 3.63) is 24.3 Å². The van der Waals surface area contributed by atoms with Gasteiger partial charge in [-0.2, -0.15) is 0 Å². The largest absolute Gasteiger partial charge is 0.325 e. The second-order valence-electron chi connectivity index (χ2n) is 5.17. The van der Waals surface area contributed by atoms with Gasteiger partial charge in [0, 0.05) is 23.1 Å². The maximum Gasteiger partial charge on any atom is 0.225 e. The summed E-state index contributed by atoms with van der Waals surface area (Å²) in [5.41, 5.74) is 0.964. The number of thioether (sulfide) groups is 1. The van der Waals surface area contributed by atoms with Crippen molar-refractivity contribution in [1.82, 2.24) is 5.32 Å². The fourth-order valence-electron chi connectivity index (χ4n) is 2.45. The molecule has 0 unspecified atom stereocenters. The Balaban J connectivity index is 1.91. The standard InChI is InChI=1S/C16H24N2OS/c1-2-17-12-11-16(19)18-14-9-5-6-10-15(14)20-13-7-3-4-8-13/h5-6,9-10,13,17H,2-4,7-8,11-12H2,1H3,(H,18,19). The average Bonchev–Trinajstić information content (AvgIpc) is 2.94. The number of nitrogens with one attached hydrogen (secondary N) is 2. The van der Waals surface area contributed by atoms with Crippen molar-refractivity contribution in [2.24, 2.45) is 0 Å². The van der Waals surface area contributed by atoms with E-state index >= 15 is 0 Å². The van der Waals surface area contributed by atoms with Gasteiger partial charge in [-0.1, -0.05) is 31.9 Å². The number of hydrogen-bond donors (Lipinski definition) is 2. The molecule has 1 amide bonds. The van der Waals surface area contributed by atoms with Gasteiger partial charge in [0.05, 0.1) is 5.69 Å². The molecule has 0 atom stereocenters. The van der Waals surface area contributed by atoms with E-state index in [1.54, 1.807) is 0 Å². The molecule has 4 heteroatoms. The molecule has 0 saturated heterocycles. The van der Waals surface area contributed by atoms with Gasteiger partial charge in [-0.15, -0.1) is 11.8 Å². The second kappa shape index (κ2) is 8.32. The monoisotopic (exact) mass is 292 g/mol. The highest BCUT2D eigenvalue weighted by atomic mass is 32.2. The number of rotatable bonds is 7. The molecule has 0 aromatic heterocycles. The van der Waals surface area contributed by atoms with Crippen molar-refractivity contribution < 1.29 is 4.79 Å². The molecule has 20 heavy (non-hydrogen) atoms. The normalized spacial score (nSPS) is 15.4. The van der Waals surface area contributed by atoms with E-state index in [1.165, 1.54) is 30.6 Å². The summed E-state index contributed by atoms with van der Waals surface area (Å²) >= 11 is 1.92. The maximum absolute atomic E-state index is 11.9. The molecule has 0 spiro atoms. The van der Waals surface area contributed by atoms with Gasteiger partial charge in [0.1, 0.15) is 0 Å². The van der Waals surface area contributed by atoms with Gasteiger partial charge in [-0.3, -0.25) is 4.79 Å². The fraction of sp³-hybridized carbons (Fsp3) is 0.562. The molecular formula is C16H24N2OS. The van der Waals surface area contributed by atoms with E-state index in [9.17, 15) is 4.79 Å². The smallest absolute Gasteiger partial charge is 0.225 e. The third-order valence-corrected chi connectivity index (χ3v) is 4.95. The zero-order chi connectivity index (χ0) is 14.2. The van der Waals surface area contributed by atoms with Crippen LogP contribution in [0.25, 0.3) is 0 Å². The van der Waals surface area contributed by atoms with Gasteiger partial charge >= 0.3 is 0 Å². The van der Waals surface area contributed by atoms with Gasteiger partial charge < -0.3 is 10.6 Å². The number of para-hydroxylation sites is 1. The summed E-state index contributed by atoms with van der Waals surface area (Å²) in [4.78, 5) is 13.1. The molecule has 0 aliphatic heterocycles. The van der Waals surface area contributed by atoms with E-state index in [1.807, 2.05) is 36.9 Å². The molecule has 1 aromatic rings. The van der Waals surface area contributed by atoms with Crippen molar-refractivity contribution >= 4 is 23.4 Å². The zero-order valence-electron chi connectivity index (χ0n) is 12.2. The summed E-state index contributed by atoms with van der Waals surface area (Å²) in [6.07, 6.45) is 5.81. The van der Waals surface area contributed by atoms with E-state index in [2.05, 4.69) is 16.7 Å². The van der Waals surface area contributed by atoms with Gasteiger partial charge in [-0.25, -0.2) is 0 Å². The van der Waals surface area contributed by atoms with Crippen LogP contribution in [0, 0.1) is 0 Å². The van der Waals surface area contributed by atoms with Crippen LogP contribution in [0.1, 0.15) is 39.0 Å². The van der Waals surface area contributed by atoms with E-state index < -0.39 is 0 Å². The van der Waals surface area contributed by atoms with E-state index in [4.69, 9.17) is 0 Å². The topological polar surface area (TPSA) is 41.1 Å². The Kier molecular flexibility index (Phi) is 6.40. The Labute approximate surface area is 125 Å². The molecule has 1 fully saturated rings. The number of carbonyl (C=O) groups is 1. The van der Waals surface area contributed by atoms with Crippen LogP contribution in [0.2, 0.25) is 0 Å². The Morgan fingerprint density at radius 2 is 2.05 bits per heavy atom. The summed E-state index contributed by atoms with van der Waals surface area (Å²) in [6, 6.07) is 8.15. The molecule has 2 N–H and O–H groups in total. The zero-order valence-corrected chi connectivity index (χ0v) is 13.0. The molecule has 3 nitrogen and oxygen atoms in total. The number of benzene rings is 1. The molecular weight excluding hydrogens is 268 g/mol. The average molecular weight is 292 g/mol. The highest BCUT2D eigenvalue weighted by molar-refractivity contribution is 8.00. The fourth-order valence-corrected chi connectivity index (χ4v) is 3.78. The van der Waals surface area contributed by atoms with Crippen LogP contribution in [-0.2, 0) is 4.79 Å². The third kappa shape index (κ3) is 4.84. The molecule has 0 radical (unpaired) electrons. The lowest BCUT2D eigenvalue weighted by Crippen LogP contribution is -2.21. The minimum absolute atomic E-state index is 0.0884. The number of carbonyl (C=O) groups excluding carboxylic acids is 1. The van der Waals surface area contributed by atoms with Gasteiger partial charge in [-0.05, 0) is 31.5 Å². The summed E-state index contributed by atoms with van der Waals surface area (Å²) in [6.45, 7) is 3.69. The summed E-state index contributed by atoms with van der Waals surface area (Å²) < 4.78 is 0. The SMILES string of the molecule is CCNCCC(=O)Nc1ccccc1SC1CCCC1. The Morgan fingerprint density at radius 1 is 1.30 bits per heavy atom. The predicted octanol–water partition coefficient (Wildman–Crippen LogP) is 3.66. The second-order valence-corrected chi connectivity index (χ2v) is 6.51. The first-order valence-corrected chi connectivity index (χ1v) is 8.44. The first-order valence-electron chi connectivity index (χ1n) is 7.56. The van der Waals surface area contributed by atoms with Crippen molar-refractivity contribution in [1.29, 1.82) is 0 Å². The highest BCUT2D eigenvalue weighted by Gasteiger charge is 2.17. The lowest BCUT2D eigenvalue weighted by molar-refractivity contribution is -0.116. The Hall–Kier alpha value is -1.00. The summed E-state index contributed by atoms with van der Waals surface area (Å²) in [5.74, 6) is 0.0884. The number of anilines is 1. The predicted molar refractivity (Wildman–Crippen MR) is 86.3 cm³/mol. The van der Waals surface area contributed by atoms with Crippen LogP contribution in [0.5, 0.6) is 0 Å². The third-order valence-electron chi connectivity index (χ3n) is 3.54. The van der Waals surface area contributed by atoms with Gasteiger partial charge in [0.25, 0.3) is 0 Å². The number of hydrogen-bond acceptors (Lipinski definition) is 3. The van der Waals surface area contributed by atoms with Crippen LogP contribution >= 0.6 is 11.8 Å². The molecule has 1 aromatic carbocycles. The van der Waals surface area contributed by atoms with Crippen LogP contribution in [0.15, 0.2) is 29.2 Å². The van der Waals surface area contributed by atoms with E-state index in [0.29, 0.717) is 6.42 Å². The maximum atomic E-state index is 11.9. The minimum Gasteiger partial charge on any atom is -0.325 e. The van der Waals surface area contributed by atoms with E-state index in [0.717, 1.165) is 24.0 Å². The molecule has 0 heterocycles. The lowest BCUT2D eigenvalue weighted by atomic mass is 10.3. The Morgan fingerprint density at radius 3 is 2.80 bits per heavy atom. The molecule has 1 aliphatic rings. The quantitative estimate of drug-likeness (QED) is 0.754. The van der Waals surface area contributed by atoms with Crippen LogP contribution in [0.3, 0.4) is 0 Å². The molecule has 110 valence electrons. The highest BCUT2D eigenvalue weighted by Crippen LogP contribution is 2.37. The summed E-state index contributed by atoms with van der Waals surface area (Å²) in [7, 11) is 0. The first kappa shape index (κ1) is 15.4. The van der Waals surface area contributed by atoms with Crippen LogP contribution < -0.4 is 10.6 Å². The molecule has 0 bridgehead atoms. The first-order chi connectivity index (χ1) is 9.79. The van der Waals surface area contributed by atoms with Gasteiger partial charge in [0.15, 0.2) is 0 Å². The van der Waals surface area contributed by atoms with Crippen molar-refractivity contribution in [2.45, 2.75) is 49.2 Å². The van der Waals surface area contributed by atoms with Crippen LogP contribution in [-0.4, -0.2) is 24.2 Å². The summed E-state index contributed by atoms with van der Waals surface area (Å²) in [5, 5.41) is 6.93. The minimum atomic E-state index is 0.0884. The Bertz CT molecular complexity index is 430. The van der Waals surface area contributed by atoms with Crippen molar-refractivity contribution in [3.8, 4) is 0 Å². The molecule has 1 aliphatic carbocycles. The number of amides is 1.